The molecule has 100 valence electrons. The van der Waals surface area contributed by atoms with Gasteiger partial charge in [0.05, 0.1) is 5.69 Å². The molecule has 0 saturated heterocycles. The summed E-state index contributed by atoms with van der Waals surface area (Å²) in [5.74, 6) is 0.781. The highest BCUT2D eigenvalue weighted by Crippen LogP contribution is 2.32. The lowest BCUT2D eigenvalue weighted by molar-refractivity contribution is 0.405. The Morgan fingerprint density at radius 2 is 2.17 bits per heavy atom. The minimum Gasteiger partial charge on any atom is -0.275 e. The van der Waals surface area contributed by atoms with Crippen LogP contribution in [0.2, 0.25) is 0 Å². The van der Waals surface area contributed by atoms with Gasteiger partial charge < -0.3 is 0 Å². The van der Waals surface area contributed by atoms with Crippen LogP contribution in [0.4, 0.5) is 0 Å². The number of halogens is 1. The highest BCUT2D eigenvalue weighted by molar-refractivity contribution is 9.09. The Morgan fingerprint density at radius 3 is 2.78 bits per heavy atom. The van der Waals surface area contributed by atoms with E-state index < -0.39 is 0 Å². The number of aromatic nitrogens is 2. The third kappa shape index (κ3) is 3.25. The fourth-order valence-corrected chi connectivity index (χ4v) is 3.51. The molecule has 0 spiro atoms. The van der Waals surface area contributed by atoms with Crippen LogP contribution in [0.3, 0.4) is 0 Å². The zero-order chi connectivity index (χ0) is 13.0. The number of hydrogen-bond donors (Lipinski definition) is 0. The normalized spacial score (nSPS) is 18.3. The largest absolute Gasteiger partial charge is 0.275 e. The highest BCUT2D eigenvalue weighted by Gasteiger charge is 2.17. The Morgan fingerprint density at radius 1 is 1.44 bits per heavy atom. The molecule has 1 aromatic heterocycles. The van der Waals surface area contributed by atoms with E-state index in [0.717, 1.165) is 17.7 Å². The van der Waals surface area contributed by atoms with Gasteiger partial charge in [-0.15, -0.1) is 0 Å². The molecule has 0 amide bonds. The number of hydrogen-bond acceptors (Lipinski definition) is 1. The van der Waals surface area contributed by atoms with Crippen LogP contribution in [-0.4, -0.2) is 15.1 Å². The molecule has 18 heavy (non-hydrogen) atoms. The van der Waals surface area contributed by atoms with E-state index in [2.05, 4.69) is 40.2 Å². The van der Waals surface area contributed by atoms with Crippen LogP contribution in [0.25, 0.3) is 6.08 Å². The van der Waals surface area contributed by atoms with Crippen molar-refractivity contribution < 1.29 is 0 Å². The van der Waals surface area contributed by atoms with Crippen molar-refractivity contribution in [2.75, 3.05) is 5.33 Å². The van der Waals surface area contributed by atoms with Gasteiger partial charge in [-0.3, -0.25) is 4.68 Å². The molecule has 1 heterocycles. The van der Waals surface area contributed by atoms with Gasteiger partial charge in [0.15, 0.2) is 0 Å². The number of alkyl halides is 1. The summed E-state index contributed by atoms with van der Waals surface area (Å²) >= 11 is 3.67. The van der Waals surface area contributed by atoms with Gasteiger partial charge in [-0.25, -0.2) is 0 Å². The molecule has 1 saturated carbocycles. The maximum Gasteiger partial charge on any atom is 0.0694 e. The summed E-state index contributed by atoms with van der Waals surface area (Å²) < 4.78 is 1.93. The Bertz CT molecular complexity index is 414. The van der Waals surface area contributed by atoms with E-state index in [0.29, 0.717) is 0 Å². The van der Waals surface area contributed by atoms with Crippen LogP contribution in [0, 0.1) is 5.92 Å². The van der Waals surface area contributed by atoms with E-state index >= 15 is 0 Å². The number of rotatable bonds is 4. The van der Waals surface area contributed by atoms with E-state index in [1.165, 1.54) is 43.4 Å². The second kappa shape index (κ2) is 6.55. The first-order valence-corrected chi connectivity index (χ1v) is 8.15. The van der Waals surface area contributed by atoms with Gasteiger partial charge in [0.1, 0.15) is 0 Å². The molecule has 1 fully saturated rings. The zero-order valence-electron chi connectivity index (χ0n) is 11.5. The van der Waals surface area contributed by atoms with E-state index in [1.807, 2.05) is 11.7 Å². The van der Waals surface area contributed by atoms with Gasteiger partial charge in [0.2, 0.25) is 0 Å². The molecule has 0 N–H and O–H groups in total. The lowest BCUT2D eigenvalue weighted by Gasteiger charge is -2.23. The maximum atomic E-state index is 4.52. The quantitative estimate of drug-likeness (QED) is 0.756. The van der Waals surface area contributed by atoms with Gasteiger partial charge in [0, 0.05) is 24.1 Å². The fourth-order valence-electron chi connectivity index (χ4n) is 2.89. The van der Waals surface area contributed by atoms with Crippen LogP contribution in [0.5, 0.6) is 0 Å². The van der Waals surface area contributed by atoms with Gasteiger partial charge in [0.25, 0.3) is 0 Å². The molecule has 0 unspecified atom stereocenters. The minimum absolute atomic E-state index is 0.781. The molecular weight excluding hydrogens is 288 g/mol. The summed E-state index contributed by atoms with van der Waals surface area (Å²) in [4.78, 5) is 0. The first-order valence-electron chi connectivity index (χ1n) is 7.03. The smallest absolute Gasteiger partial charge is 0.0694 e. The molecule has 1 aromatic rings. The molecule has 2 nitrogen and oxygen atoms in total. The molecule has 0 aliphatic heterocycles. The summed E-state index contributed by atoms with van der Waals surface area (Å²) in [6, 6.07) is 0. The van der Waals surface area contributed by atoms with Crippen molar-refractivity contribution in [2.45, 2.75) is 45.4 Å². The molecule has 2 rings (SSSR count). The third-order valence-electron chi connectivity index (χ3n) is 3.90. The average molecular weight is 311 g/mol. The second-order valence-electron chi connectivity index (χ2n) is 5.25. The lowest BCUT2D eigenvalue weighted by Crippen LogP contribution is -2.10. The van der Waals surface area contributed by atoms with Crippen LogP contribution >= 0.6 is 15.9 Å². The van der Waals surface area contributed by atoms with Crippen molar-refractivity contribution in [1.29, 1.82) is 0 Å². The van der Waals surface area contributed by atoms with E-state index in [1.54, 1.807) is 5.57 Å². The van der Waals surface area contributed by atoms with Crippen molar-refractivity contribution in [1.82, 2.24) is 9.78 Å². The molecule has 0 aromatic carbocycles. The van der Waals surface area contributed by atoms with E-state index in [4.69, 9.17) is 0 Å². The molecule has 1 aliphatic rings. The number of allylic oxidation sites excluding steroid dienone is 1. The first kappa shape index (κ1) is 13.9. The third-order valence-corrected chi connectivity index (χ3v) is 4.54. The van der Waals surface area contributed by atoms with Crippen molar-refractivity contribution in [3.05, 3.63) is 23.0 Å². The lowest BCUT2D eigenvalue weighted by atomic mass is 9.84. The number of nitrogens with zero attached hydrogens (tertiary/aromatic N) is 2. The average Bonchev–Trinajstić information content (AvgIpc) is 2.77. The van der Waals surface area contributed by atoms with Gasteiger partial charge in [-0.2, -0.15) is 5.10 Å². The van der Waals surface area contributed by atoms with E-state index in [-0.39, 0.29) is 0 Å². The Labute approximate surface area is 119 Å². The van der Waals surface area contributed by atoms with Crippen LogP contribution in [0.1, 0.15) is 50.3 Å². The number of aryl methyl sites for hydroxylation is 2. The Hall–Kier alpha value is -0.570. The maximum absolute atomic E-state index is 4.52. The SMILES string of the molecule is CCc1nn(C)cc1/C=C(/CBr)C1CCCCC1. The van der Waals surface area contributed by atoms with E-state index in [9.17, 15) is 0 Å². The van der Waals surface area contributed by atoms with Crippen molar-refractivity contribution >= 4 is 22.0 Å². The summed E-state index contributed by atoms with van der Waals surface area (Å²) in [6.45, 7) is 2.17. The van der Waals surface area contributed by atoms with Crippen molar-refractivity contribution in [3.8, 4) is 0 Å². The molecule has 0 bridgehead atoms. The van der Waals surface area contributed by atoms with Crippen molar-refractivity contribution in [2.24, 2.45) is 13.0 Å². The van der Waals surface area contributed by atoms with Crippen LogP contribution in [-0.2, 0) is 13.5 Å². The summed E-state index contributed by atoms with van der Waals surface area (Å²) in [5.41, 5.74) is 4.07. The molecule has 0 radical (unpaired) electrons. The topological polar surface area (TPSA) is 17.8 Å². The predicted molar refractivity (Wildman–Crippen MR) is 80.9 cm³/mol. The molecule has 0 atom stereocenters. The fraction of sp³-hybridized carbons (Fsp3) is 0.667. The predicted octanol–water partition coefficient (Wildman–Crippen LogP) is 4.34. The summed E-state index contributed by atoms with van der Waals surface area (Å²) in [7, 11) is 2.00. The van der Waals surface area contributed by atoms with Gasteiger partial charge in [-0.05, 0) is 25.2 Å². The highest BCUT2D eigenvalue weighted by atomic mass is 79.9. The molecule has 1 aliphatic carbocycles. The minimum atomic E-state index is 0.781. The van der Waals surface area contributed by atoms with Crippen LogP contribution in [0.15, 0.2) is 11.8 Å². The molecular formula is C15H23BrN2. The second-order valence-corrected chi connectivity index (χ2v) is 5.81. The monoisotopic (exact) mass is 310 g/mol. The Kier molecular flexibility index (Phi) is 5.04. The summed E-state index contributed by atoms with van der Waals surface area (Å²) in [5, 5.41) is 5.51. The standard InChI is InChI=1S/C15H23BrN2/c1-3-15-14(11-18(2)17-15)9-13(10-16)12-7-5-4-6-8-12/h9,11-12H,3-8,10H2,1-2H3/b13-9-. The zero-order valence-corrected chi connectivity index (χ0v) is 13.0. The molecule has 3 heteroatoms. The van der Waals surface area contributed by atoms with Crippen LogP contribution < -0.4 is 0 Å². The van der Waals surface area contributed by atoms with Gasteiger partial charge >= 0.3 is 0 Å². The first-order chi connectivity index (χ1) is 8.74. The Balaban J connectivity index is 2.21. The summed E-state index contributed by atoms with van der Waals surface area (Å²) in [6.07, 6.45) is 12.4. The van der Waals surface area contributed by atoms with Gasteiger partial charge in [-0.1, -0.05) is 53.8 Å². The van der Waals surface area contributed by atoms with Crippen molar-refractivity contribution in [3.63, 3.8) is 0 Å².